The molecule has 6 nitrogen and oxygen atoms in total. The molecule has 1 amide bonds. The highest BCUT2D eigenvalue weighted by molar-refractivity contribution is 7.71. The lowest BCUT2D eigenvalue weighted by molar-refractivity contribution is -0.114. The van der Waals surface area contributed by atoms with E-state index in [1.807, 2.05) is 0 Å². The largest absolute Gasteiger partial charge is 0.326 e. The van der Waals surface area contributed by atoms with E-state index in [4.69, 9.17) is 12.2 Å². The second-order valence-corrected chi connectivity index (χ2v) is 3.53. The molecule has 0 unspecified atom stereocenters. The zero-order valence-corrected chi connectivity index (χ0v) is 9.28. The van der Waals surface area contributed by atoms with Gasteiger partial charge in [-0.3, -0.25) is 4.79 Å². The molecule has 1 aromatic carbocycles. The topological polar surface area (TPSA) is 75.6 Å². The highest BCUT2D eigenvalue weighted by Crippen LogP contribution is 2.12. The molecule has 2 N–H and O–H groups in total. The quantitative estimate of drug-likeness (QED) is 0.769. The number of H-pyrrole nitrogens is 1. The minimum Gasteiger partial charge on any atom is -0.326 e. The lowest BCUT2D eigenvalue weighted by atomic mass is 10.3. The molecule has 2 rings (SSSR count). The van der Waals surface area contributed by atoms with Gasteiger partial charge in [-0.1, -0.05) is 0 Å². The van der Waals surface area contributed by atoms with Crippen LogP contribution in [-0.4, -0.2) is 26.1 Å². The summed E-state index contributed by atoms with van der Waals surface area (Å²) in [6, 6.07) is 7.13. The van der Waals surface area contributed by atoms with Crippen LogP contribution in [0, 0.1) is 4.77 Å². The second kappa shape index (κ2) is 4.23. The third kappa shape index (κ3) is 2.14. The Bertz CT molecular complexity index is 556. The van der Waals surface area contributed by atoms with Crippen LogP contribution in [0.2, 0.25) is 0 Å². The molecule has 0 saturated carbocycles. The second-order valence-electron chi connectivity index (χ2n) is 3.15. The van der Waals surface area contributed by atoms with Crippen molar-refractivity contribution in [2.45, 2.75) is 6.92 Å². The predicted molar refractivity (Wildman–Crippen MR) is 60.8 cm³/mol. The molecule has 0 saturated heterocycles. The fourth-order valence-electron chi connectivity index (χ4n) is 1.26. The van der Waals surface area contributed by atoms with Gasteiger partial charge in [-0.05, 0) is 46.9 Å². The number of aromatic nitrogens is 4. The van der Waals surface area contributed by atoms with Crippen molar-refractivity contribution < 1.29 is 4.79 Å². The predicted octanol–water partition coefficient (Wildman–Crippen LogP) is 1.28. The number of carbonyl (C=O) groups is 1. The maximum atomic E-state index is 10.8. The van der Waals surface area contributed by atoms with Crippen molar-refractivity contribution in [3.8, 4) is 5.69 Å². The van der Waals surface area contributed by atoms with E-state index in [1.54, 1.807) is 24.3 Å². The normalized spacial score (nSPS) is 10.1. The summed E-state index contributed by atoms with van der Waals surface area (Å²) in [5.41, 5.74) is 1.51. The molecule has 0 fully saturated rings. The molecule has 0 aliphatic heterocycles. The molecule has 1 heterocycles. The number of benzene rings is 1. The Morgan fingerprint density at radius 1 is 1.44 bits per heavy atom. The zero-order chi connectivity index (χ0) is 11.5. The van der Waals surface area contributed by atoms with Gasteiger partial charge >= 0.3 is 0 Å². The monoisotopic (exact) mass is 235 g/mol. The van der Waals surface area contributed by atoms with Crippen LogP contribution in [0.4, 0.5) is 5.69 Å². The van der Waals surface area contributed by atoms with Crippen molar-refractivity contribution in [1.82, 2.24) is 20.2 Å². The summed E-state index contributed by atoms with van der Waals surface area (Å²) < 4.78 is 1.92. The summed E-state index contributed by atoms with van der Waals surface area (Å²) in [7, 11) is 0. The number of carbonyl (C=O) groups excluding carboxylic acids is 1. The van der Waals surface area contributed by atoms with Crippen LogP contribution in [0.15, 0.2) is 24.3 Å². The molecule has 0 bridgehead atoms. The number of aromatic amines is 1. The number of nitrogens with zero attached hydrogens (tertiary/aromatic N) is 3. The van der Waals surface area contributed by atoms with Gasteiger partial charge < -0.3 is 5.32 Å². The first-order valence-corrected chi connectivity index (χ1v) is 4.96. The van der Waals surface area contributed by atoms with Gasteiger partial charge in [-0.15, -0.1) is 0 Å². The molecule has 7 heteroatoms. The molecule has 16 heavy (non-hydrogen) atoms. The van der Waals surface area contributed by atoms with E-state index >= 15 is 0 Å². The van der Waals surface area contributed by atoms with E-state index < -0.39 is 0 Å². The first-order valence-electron chi connectivity index (χ1n) is 4.55. The van der Waals surface area contributed by atoms with Crippen molar-refractivity contribution >= 4 is 23.8 Å². The number of hydrogen-bond acceptors (Lipinski definition) is 4. The Morgan fingerprint density at radius 2 is 2.12 bits per heavy atom. The number of hydrogen-bond donors (Lipinski definition) is 2. The SMILES string of the molecule is CC(=O)Nc1ccc(-n2nn[nH]c2=S)cc1. The van der Waals surface area contributed by atoms with Gasteiger partial charge in [0.15, 0.2) is 0 Å². The Hall–Kier alpha value is -2.02. The third-order valence-electron chi connectivity index (χ3n) is 1.90. The van der Waals surface area contributed by atoms with E-state index in [0.29, 0.717) is 4.77 Å². The van der Waals surface area contributed by atoms with Crippen LogP contribution < -0.4 is 5.32 Å². The zero-order valence-electron chi connectivity index (χ0n) is 8.47. The first-order chi connectivity index (χ1) is 7.66. The highest BCUT2D eigenvalue weighted by Gasteiger charge is 2.00. The fraction of sp³-hybridized carbons (Fsp3) is 0.111. The molecule has 0 radical (unpaired) electrons. The van der Waals surface area contributed by atoms with Gasteiger partial charge in [0.2, 0.25) is 10.7 Å². The number of rotatable bonds is 2. The van der Waals surface area contributed by atoms with Crippen LogP contribution in [0.25, 0.3) is 5.69 Å². The highest BCUT2D eigenvalue weighted by atomic mass is 32.1. The summed E-state index contributed by atoms with van der Waals surface area (Å²) in [5.74, 6) is -0.106. The Labute approximate surface area is 96.3 Å². The number of anilines is 1. The number of amides is 1. The minimum absolute atomic E-state index is 0.106. The number of nitrogens with one attached hydrogen (secondary N) is 2. The van der Waals surface area contributed by atoms with Crippen molar-refractivity contribution in [2.75, 3.05) is 5.32 Å². The maximum absolute atomic E-state index is 10.8. The van der Waals surface area contributed by atoms with E-state index in [0.717, 1.165) is 11.4 Å². The van der Waals surface area contributed by atoms with E-state index in [-0.39, 0.29) is 5.91 Å². The molecule has 82 valence electrons. The summed E-state index contributed by atoms with van der Waals surface area (Å²) in [5, 5.41) is 12.6. The van der Waals surface area contributed by atoms with Crippen LogP contribution in [0.1, 0.15) is 6.92 Å². The standard InChI is InChI=1S/C9H9N5OS/c1-6(15)10-7-2-4-8(5-3-7)14-9(16)11-12-13-14/h2-5H,1H3,(H,10,15)(H,11,13,16). The average molecular weight is 235 g/mol. The summed E-state index contributed by atoms with van der Waals surface area (Å²) in [4.78, 5) is 10.8. The van der Waals surface area contributed by atoms with Gasteiger partial charge in [-0.2, -0.15) is 4.68 Å². The average Bonchev–Trinajstić information content (AvgIpc) is 2.65. The molecular weight excluding hydrogens is 226 g/mol. The van der Waals surface area contributed by atoms with Crippen LogP contribution in [0.5, 0.6) is 0 Å². The minimum atomic E-state index is -0.106. The van der Waals surface area contributed by atoms with Gasteiger partial charge in [0, 0.05) is 12.6 Å². The van der Waals surface area contributed by atoms with Gasteiger partial charge in [0.1, 0.15) is 0 Å². The molecule has 1 aromatic heterocycles. The Balaban J connectivity index is 2.30. The molecular formula is C9H9N5OS. The molecule has 0 spiro atoms. The molecule has 0 atom stereocenters. The summed E-state index contributed by atoms with van der Waals surface area (Å²) in [6.45, 7) is 1.46. The van der Waals surface area contributed by atoms with Gasteiger partial charge in [-0.25, -0.2) is 5.10 Å². The van der Waals surface area contributed by atoms with E-state index in [9.17, 15) is 4.79 Å². The summed E-state index contributed by atoms with van der Waals surface area (Å²) in [6.07, 6.45) is 0. The summed E-state index contributed by atoms with van der Waals surface area (Å²) >= 11 is 4.98. The third-order valence-corrected chi connectivity index (χ3v) is 2.17. The van der Waals surface area contributed by atoms with Gasteiger partial charge in [0.05, 0.1) is 5.69 Å². The van der Waals surface area contributed by atoms with Crippen LogP contribution in [-0.2, 0) is 4.79 Å². The molecule has 0 aliphatic carbocycles. The fourth-order valence-corrected chi connectivity index (χ4v) is 1.44. The number of tetrazole rings is 1. The van der Waals surface area contributed by atoms with Gasteiger partial charge in [0.25, 0.3) is 0 Å². The van der Waals surface area contributed by atoms with E-state index in [1.165, 1.54) is 11.6 Å². The Kier molecular flexibility index (Phi) is 2.78. The van der Waals surface area contributed by atoms with Crippen molar-refractivity contribution in [3.05, 3.63) is 29.0 Å². The molecule has 2 aromatic rings. The Morgan fingerprint density at radius 3 is 2.62 bits per heavy atom. The maximum Gasteiger partial charge on any atom is 0.221 e. The molecule has 0 aliphatic rings. The van der Waals surface area contributed by atoms with Crippen molar-refractivity contribution in [3.63, 3.8) is 0 Å². The first kappa shape index (κ1) is 10.5. The van der Waals surface area contributed by atoms with Crippen molar-refractivity contribution in [2.24, 2.45) is 0 Å². The lowest BCUT2D eigenvalue weighted by Crippen LogP contribution is -2.05. The van der Waals surface area contributed by atoms with Crippen molar-refractivity contribution in [1.29, 1.82) is 0 Å². The van der Waals surface area contributed by atoms with Crippen LogP contribution in [0.3, 0.4) is 0 Å². The lowest BCUT2D eigenvalue weighted by Gasteiger charge is -2.03. The van der Waals surface area contributed by atoms with E-state index in [2.05, 4.69) is 20.8 Å². The smallest absolute Gasteiger partial charge is 0.221 e. The van der Waals surface area contributed by atoms with Crippen LogP contribution >= 0.6 is 12.2 Å².